The number of rotatable bonds is 6. The fraction of sp³-hybridized carbons (Fsp3) is 0.200. The lowest BCUT2D eigenvalue weighted by Gasteiger charge is -2.06. The van der Waals surface area contributed by atoms with Crippen molar-refractivity contribution in [1.82, 2.24) is 4.72 Å². The summed E-state index contributed by atoms with van der Waals surface area (Å²) in [5, 5.41) is 0.253. The van der Waals surface area contributed by atoms with Crippen LogP contribution in [-0.4, -0.2) is 20.1 Å². The van der Waals surface area contributed by atoms with Crippen LogP contribution < -0.4 is 4.72 Å². The monoisotopic (exact) mass is 371 g/mol. The number of ketones is 1. The first-order chi connectivity index (χ1) is 10.8. The molecule has 23 heavy (non-hydrogen) atoms. The van der Waals surface area contributed by atoms with Crippen molar-refractivity contribution in [2.45, 2.75) is 24.7 Å². The minimum absolute atomic E-state index is 0.0448. The van der Waals surface area contributed by atoms with Gasteiger partial charge in [0.05, 0.1) is 9.77 Å². The highest BCUT2D eigenvalue weighted by Crippen LogP contribution is 2.18. The largest absolute Gasteiger partial charge is 0.293 e. The number of halogens is 1. The van der Waals surface area contributed by atoms with Crippen LogP contribution in [0.1, 0.15) is 27.4 Å². The van der Waals surface area contributed by atoms with E-state index < -0.39 is 15.9 Å². The molecular formula is C15H14ClNO4S2. The summed E-state index contributed by atoms with van der Waals surface area (Å²) in [7, 11) is -3.98. The molecule has 0 bridgehead atoms. The molecule has 2 aromatic rings. The summed E-state index contributed by atoms with van der Waals surface area (Å²) in [6, 6.07) is 9.11. The fourth-order valence-corrected chi connectivity index (χ4v) is 3.98. The Labute approximate surface area is 143 Å². The van der Waals surface area contributed by atoms with E-state index in [0.717, 1.165) is 4.88 Å². The maximum Gasteiger partial charge on any atom is 0.264 e. The predicted octanol–water partition coefficient (Wildman–Crippen LogP) is 3.18. The van der Waals surface area contributed by atoms with Gasteiger partial charge in [0, 0.05) is 22.7 Å². The van der Waals surface area contributed by atoms with Gasteiger partial charge in [-0.1, -0.05) is 17.7 Å². The minimum Gasteiger partial charge on any atom is -0.293 e. The van der Waals surface area contributed by atoms with Gasteiger partial charge in [-0.05, 0) is 37.3 Å². The number of Topliss-reactive ketones (excluding diaryl/α,β-unsaturated/α-hetero) is 1. The van der Waals surface area contributed by atoms with Crippen molar-refractivity contribution in [2.75, 3.05) is 0 Å². The highest BCUT2D eigenvalue weighted by atomic mass is 35.5. The molecule has 0 saturated carbocycles. The van der Waals surface area contributed by atoms with Crippen molar-refractivity contribution in [3.8, 4) is 0 Å². The van der Waals surface area contributed by atoms with Gasteiger partial charge in [0.2, 0.25) is 5.91 Å². The third-order valence-corrected chi connectivity index (χ3v) is 5.60. The second-order valence-corrected chi connectivity index (χ2v) is 8.23. The van der Waals surface area contributed by atoms with E-state index in [-0.39, 0.29) is 28.5 Å². The van der Waals surface area contributed by atoms with Crippen molar-refractivity contribution in [3.05, 3.63) is 51.2 Å². The number of carbonyl (C=O) groups excluding carboxylic acids is 2. The Balaban J connectivity index is 1.95. The maximum atomic E-state index is 12.0. The van der Waals surface area contributed by atoms with Crippen LogP contribution in [0, 0.1) is 6.92 Å². The van der Waals surface area contributed by atoms with Crippen molar-refractivity contribution in [3.63, 3.8) is 0 Å². The topological polar surface area (TPSA) is 80.3 Å². The number of thiophene rings is 1. The Morgan fingerprint density at radius 3 is 2.52 bits per heavy atom. The zero-order chi connectivity index (χ0) is 17.0. The molecule has 0 spiro atoms. The van der Waals surface area contributed by atoms with Gasteiger partial charge in [0.1, 0.15) is 0 Å². The van der Waals surface area contributed by atoms with Gasteiger partial charge in [-0.3, -0.25) is 9.59 Å². The second-order valence-electron chi connectivity index (χ2n) is 4.82. The van der Waals surface area contributed by atoms with Gasteiger partial charge >= 0.3 is 0 Å². The van der Waals surface area contributed by atoms with Gasteiger partial charge in [-0.15, -0.1) is 11.3 Å². The number of hydrogen-bond donors (Lipinski definition) is 1. The molecule has 1 amide bonds. The van der Waals surface area contributed by atoms with Crippen molar-refractivity contribution in [1.29, 1.82) is 0 Å². The number of benzene rings is 1. The molecule has 1 aromatic heterocycles. The third kappa shape index (κ3) is 4.89. The Morgan fingerprint density at radius 1 is 1.17 bits per heavy atom. The number of sulfonamides is 1. The number of carbonyl (C=O) groups is 2. The summed E-state index contributed by atoms with van der Waals surface area (Å²) in [4.78, 5) is 25.2. The first-order valence-electron chi connectivity index (χ1n) is 6.69. The van der Waals surface area contributed by atoms with Crippen molar-refractivity contribution < 1.29 is 18.0 Å². The normalized spacial score (nSPS) is 11.2. The molecule has 0 aliphatic carbocycles. The molecule has 0 unspecified atom stereocenters. The molecule has 0 saturated heterocycles. The molecule has 1 heterocycles. The van der Waals surface area contributed by atoms with Gasteiger partial charge in [0.15, 0.2) is 5.78 Å². The zero-order valence-corrected chi connectivity index (χ0v) is 14.6. The first-order valence-corrected chi connectivity index (χ1v) is 9.36. The standard InChI is InChI=1S/C15H14ClNO4S2/c1-10-5-7-14(22-10)13(18)6-8-15(19)17-23(20,21)12-4-2-3-11(16)9-12/h2-5,7,9H,6,8H2,1H3,(H,17,19). The lowest BCUT2D eigenvalue weighted by molar-refractivity contribution is -0.119. The molecule has 8 heteroatoms. The van der Waals surface area contributed by atoms with Crippen LogP contribution in [0.15, 0.2) is 41.3 Å². The molecule has 0 fully saturated rings. The van der Waals surface area contributed by atoms with Crippen LogP contribution in [0.5, 0.6) is 0 Å². The minimum atomic E-state index is -3.98. The second kappa shape index (κ2) is 7.25. The van der Waals surface area contributed by atoms with E-state index in [1.807, 2.05) is 17.7 Å². The summed E-state index contributed by atoms with van der Waals surface area (Å²) < 4.78 is 26.0. The molecule has 0 aliphatic heterocycles. The van der Waals surface area contributed by atoms with E-state index in [1.54, 1.807) is 6.07 Å². The lowest BCUT2D eigenvalue weighted by Crippen LogP contribution is -2.30. The molecule has 1 aromatic carbocycles. The summed E-state index contributed by atoms with van der Waals surface area (Å²) in [5.41, 5.74) is 0. The Hall–Kier alpha value is -1.70. The van der Waals surface area contributed by atoms with Crippen LogP contribution >= 0.6 is 22.9 Å². The zero-order valence-electron chi connectivity index (χ0n) is 12.2. The van der Waals surface area contributed by atoms with Gasteiger partial charge in [-0.25, -0.2) is 13.1 Å². The Morgan fingerprint density at radius 2 is 1.91 bits per heavy atom. The quantitative estimate of drug-likeness (QED) is 0.791. The van der Waals surface area contributed by atoms with Crippen molar-refractivity contribution >= 4 is 44.7 Å². The van der Waals surface area contributed by atoms with Crippen molar-refractivity contribution in [2.24, 2.45) is 0 Å². The van der Waals surface area contributed by atoms with Crippen LogP contribution in [-0.2, 0) is 14.8 Å². The van der Waals surface area contributed by atoms with Gasteiger partial charge in [-0.2, -0.15) is 0 Å². The molecule has 0 radical (unpaired) electrons. The number of aryl methyl sites for hydroxylation is 1. The number of nitrogens with one attached hydrogen (secondary N) is 1. The summed E-state index contributed by atoms with van der Waals surface area (Å²) >= 11 is 7.08. The average Bonchev–Trinajstić information content (AvgIpc) is 2.91. The SMILES string of the molecule is Cc1ccc(C(=O)CCC(=O)NS(=O)(=O)c2cccc(Cl)c2)s1. The van der Waals surface area contributed by atoms with Crippen LogP contribution in [0.3, 0.4) is 0 Å². The van der Waals surface area contributed by atoms with E-state index in [9.17, 15) is 18.0 Å². The number of hydrogen-bond acceptors (Lipinski definition) is 5. The smallest absolute Gasteiger partial charge is 0.264 e. The molecule has 0 atom stereocenters. The summed E-state index contributed by atoms with van der Waals surface area (Å²) in [5.74, 6) is -0.912. The highest BCUT2D eigenvalue weighted by Gasteiger charge is 2.19. The molecule has 122 valence electrons. The van der Waals surface area contributed by atoms with Crippen LogP contribution in [0.4, 0.5) is 0 Å². The molecule has 2 rings (SSSR count). The van der Waals surface area contributed by atoms with Gasteiger partial charge < -0.3 is 0 Å². The van der Waals surface area contributed by atoms with Crippen LogP contribution in [0.2, 0.25) is 5.02 Å². The summed E-state index contributed by atoms with van der Waals surface area (Å²) in [6.07, 6.45) is -0.244. The lowest BCUT2D eigenvalue weighted by atomic mass is 10.2. The number of amides is 1. The highest BCUT2D eigenvalue weighted by molar-refractivity contribution is 7.90. The maximum absolute atomic E-state index is 12.0. The Bertz CT molecular complexity index is 843. The third-order valence-electron chi connectivity index (χ3n) is 2.95. The fourth-order valence-electron chi connectivity index (χ4n) is 1.83. The van der Waals surface area contributed by atoms with E-state index in [0.29, 0.717) is 4.88 Å². The Kier molecular flexibility index (Phi) is 5.56. The summed E-state index contributed by atoms with van der Waals surface area (Å²) in [6.45, 7) is 1.88. The van der Waals surface area contributed by atoms with E-state index >= 15 is 0 Å². The molecule has 5 nitrogen and oxygen atoms in total. The van der Waals surface area contributed by atoms with Gasteiger partial charge in [0.25, 0.3) is 10.0 Å². The predicted molar refractivity (Wildman–Crippen MR) is 89.4 cm³/mol. The van der Waals surface area contributed by atoms with E-state index in [4.69, 9.17) is 11.6 Å². The molecule has 1 N–H and O–H groups in total. The van der Waals surface area contributed by atoms with Crippen LogP contribution in [0.25, 0.3) is 0 Å². The van der Waals surface area contributed by atoms with E-state index in [1.165, 1.54) is 35.6 Å². The average molecular weight is 372 g/mol. The first kappa shape index (κ1) is 17.7. The molecule has 0 aliphatic rings. The molecular weight excluding hydrogens is 358 g/mol. The van der Waals surface area contributed by atoms with E-state index in [2.05, 4.69) is 0 Å².